The summed E-state index contributed by atoms with van der Waals surface area (Å²) in [6.07, 6.45) is 1.32. The molecule has 19 heavy (non-hydrogen) atoms. The molecule has 0 radical (unpaired) electrons. The van der Waals surface area contributed by atoms with Crippen LogP contribution in [0, 0.1) is 0 Å². The number of piperidine rings is 1. The molecule has 1 aliphatic heterocycles. The van der Waals surface area contributed by atoms with Crippen LogP contribution in [0.3, 0.4) is 0 Å². The average Bonchev–Trinajstić information content (AvgIpc) is 2.42. The fraction of sp³-hybridized carbons (Fsp3) is 0.538. The molecule has 0 aliphatic carbocycles. The van der Waals surface area contributed by atoms with Crippen LogP contribution in [0.4, 0.5) is 5.69 Å². The summed E-state index contributed by atoms with van der Waals surface area (Å²) < 4.78 is 32.4. The third-order valence-corrected chi connectivity index (χ3v) is 5.02. The second-order valence-corrected chi connectivity index (χ2v) is 6.51. The number of hydrogen-bond acceptors (Lipinski definition) is 4. The summed E-state index contributed by atoms with van der Waals surface area (Å²) in [5.74, 6) is 0.743. The van der Waals surface area contributed by atoms with Crippen molar-refractivity contribution >= 4 is 15.7 Å². The number of anilines is 1. The Hall–Kier alpha value is -1.27. The van der Waals surface area contributed by atoms with Gasteiger partial charge >= 0.3 is 0 Å². The summed E-state index contributed by atoms with van der Waals surface area (Å²) >= 11 is 0. The molecule has 1 heterocycles. The van der Waals surface area contributed by atoms with Crippen molar-refractivity contribution < 1.29 is 13.2 Å². The highest BCUT2D eigenvalue weighted by atomic mass is 32.2. The number of sulfonamides is 1. The van der Waals surface area contributed by atoms with Crippen LogP contribution in [0.15, 0.2) is 24.3 Å². The molecule has 0 saturated carbocycles. The van der Waals surface area contributed by atoms with Crippen LogP contribution in [0.2, 0.25) is 0 Å². The van der Waals surface area contributed by atoms with Gasteiger partial charge in [0.15, 0.2) is 0 Å². The molecule has 106 valence electrons. The SMILES string of the molecule is CCOc1ccc(NS(=O)(=O)C2CCNCC2)cc1. The van der Waals surface area contributed by atoms with E-state index >= 15 is 0 Å². The molecule has 0 amide bonds. The first-order valence-corrected chi connectivity index (χ1v) is 8.11. The number of ether oxygens (including phenoxy) is 1. The van der Waals surface area contributed by atoms with E-state index in [1.165, 1.54) is 0 Å². The van der Waals surface area contributed by atoms with Crippen molar-refractivity contribution in [1.82, 2.24) is 5.32 Å². The van der Waals surface area contributed by atoms with Crippen molar-refractivity contribution in [1.29, 1.82) is 0 Å². The van der Waals surface area contributed by atoms with Gasteiger partial charge in [-0.2, -0.15) is 0 Å². The van der Waals surface area contributed by atoms with E-state index in [9.17, 15) is 8.42 Å². The summed E-state index contributed by atoms with van der Waals surface area (Å²) in [5, 5.41) is 2.86. The Morgan fingerprint density at radius 2 is 1.89 bits per heavy atom. The zero-order chi connectivity index (χ0) is 13.7. The highest BCUT2D eigenvalue weighted by molar-refractivity contribution is 7.93. The maximum absolute atomic E-state index is 12.2. The minimum Gasteiger partial charge on any atom is -0.494 e. The molecular formula is C13H20N2O3S. The highest BCUT2D eigenvalue weighted by Gasteiger charge is 2.26. The standard InChI is InChI=1S/C13H20N2O3S/c1-2-18-12-5-3-11(4-6-12)15-19(16,17)13-7-9-14-10-8-13/h3-6,13-15H,2,7-10H2,1H3. The first kappa shape index (κ1) is 14.1. The number of rotatable bonds is 5. The van der Waals surface area contributed by atoms with E-state index in [0.29, 0.717) is 25.1 Å². The Morgan fingerprint density at radius 3 is 2.47 bits per heavy atom. The molecule has 1 aromatic rings. The van der Waals surface area contributed by atoms with Gasteiger partial charge in [-0.25, -0.2) is 8.42 Å². The maximum Gasteiger partial charge on any atom is 0.235 e. The Morgan fingerprint density at radius 1 is 1.26 bits per heavy atom. The van der Waals surface area contributed by atoms with Crippen LogP contribution >= 0.6 is 0 Å². The topological polar surface area (TPSA) is 67.4 Å². The summed E-state index contributed by atoms with van der Waals surface area (Å²) in [6, 6.07) is 6.99. The van der Waals surface area contributed by atoms with Crippen molar-refractivity contribution in [2.75, 3.05) is 24.4 Å². The molecule has 6 heteroatoms. The van der Waals surface area contributed by atoms with Crippen LogP contribution in [-0.4, -0.2) is 33.4 Å². The van der Waals surface area contributed by atoms with E-state index in [1.807, 2.05) is 6.92 Å². The second kappa shape index (κ2) is 6.25. The van der Waals surface area contributed by atoms with Gasteiger partial charge in [0, 0.05) is 5.69 Å². The Labute approximate surface area is 114 Å². The summed E-state index contributed by atoms with van der Waals surface area (Å²) in [7, 11) is -3.29. The largest absolute Gasteiger partial charge is 0.494 e. The number of hydrogen-bond donors (Lipinski definition) is 2. The lowest BCUT2D eigenvalue weighted by Crippen LogP contribution is -2.38. The Balaban J connectivity index is 2.02. The smallest absolute Gasteiger partial charge is 0.235 e. The molecular weight excluding hydrogens is 264 g/mol. The van der Waals surface area contributed by atoms with Crippen molar-refractivity contribution in [3.05, 3.63) is 24.3 Å². The van der Waals surface area contributed by atoms with Crippen molar-refractivity contribution in [3.63, 3.8) is 0 Å². The Bertz CT molecular complexity index is 493. The number of benzene rings is 1. The van der Waals surface area contributed by atoms with Gasteiger partial charge in [0.1, 0.15) is 5.75 Å². The van der Waals surface area contributed by atoms with Crippen molar-refractivity contribution in [2.24, 2.45) is 0 Å². The van der Waals surface area contributed by atoms with Gasteiger partial charge in [-0.15, -0.1) is 0 Å². The van der Waals surface area contributed by atoms with Crippen LogP contribution in [-0.2, 0) is 10.0 Å². The highest BCUT2D eigenvalue weighted by Crippen LogP contribution is 2.20. The maximum atomic E-state index is 12.2. The van der Waals surface area contributed by atoms with E-state index in [0.717, 1.165) is 18.8 Å². The molecule has 1 aliphatic rings. The quantitative estimate of drug-likeness (QED) is 0.861. The molecule has 0 aromatic heterocycles. The first-order valence-electron chi connectivity index (χ1n) is 6.57. The van der Waals surface area contributed by atoms with Crippen LogP contribution in [0.25, 0.3) is 0 Å². The van der Waals surface area contributed by atoms with Gasteiger partial charge < -0.3 is 10.1 Å². The third kappa shape index (κ3) is 3.84. The first-order chi connectivity index (χ1) is 9.12. The second-order valence-electron chi connectivity index (χ2n) is 4.55. The predicted molar refractivity (Wildman–Crippen MR) is 76.0 cm³/mol. The lowest BCUT2D eigenvalue weighted by Gasteiger charge is -2.23. The number of nitrogens with one attached hydrogen (secondary N) is 2. The molecule has 0 atom stereocenters. The summed E-state index contributed by atoms with van der Waals surface area (Å²) in [4.78, 5) is 0. The van der Waals surface area contributed by atoms with Crippen molar-refractivity contribution in [3.8, 4) is 5.75 Å². The van der Waals surface area contributed by atoms with E-state index < -0.39 is 10.0 Å². The van der Waals surface area contributed by atoms with Gasteiger partial charge in [0.25, 0.3) is 0 Å². The molecule has 2 rings (SSSR count). The van der Waals surface area contributed by atoms with Gasteiger partial charge in [-0.1, -0.05) is 0 Å². The zero-order valence-corrected chi connectivity index (χ0v) is 11.9. The van der Waals surface area contributed by atoms with Gasteiger partial charge in [-0.3, -0.25) is 4.72 Å². The van der Waals surface area contributed by atoms with Crippen molar-refractivity contribution in [2.45, 2.75) is 25.0 Å². The minimum atomic E-state index is -3.29. The molecule has 0 spiro atoms. The van der Waals surface area contributed by atoms with Crippen LogP contribution < -0.4 is 14.8 Å². The summed E-state index contributed by atoms with van der Waals surface area (Å²) in [5.41, 5.74) is 0.585. The summed E-state index contributed by atoms with van der Waals surface area (Å²) in [6.45, 7) is 4.03. The third-order valence-electron chi connectivity index (χ3n) is 3.15. The van der Waals surface area contributed by atoms with E-state index in [1.54, 1.807) is 24.3 Å². The van der Waals surface area contributed by atoms with E-state index in [2.05, 4.69) is 10.0 Å². The lowest BCUT2D eigenvalue weighted by molar-refractivity contribution is 0.340. The lowest BCUT2D eigenvalue weighted by atomic mass is 10.2. The van der Waals surface area contributed by atoms with Gasteiger partial charge in [0.05, 0.1) is 11.9 Å². The van der Waals surface area contributed by atoms with Crippen LogP contribution in [0.5, 0.6) is 5.75 Å². The molecule has 0 unspecified atom stereocenters. The monoisotopic (exact) mass is 284 g/mol. The van der Waals surface area contributed by atoms with E-state index in [-0.39, 0.29) is 5.25 Å². The predicted octanol–water partition coefficient (Wildman–Crippen LogP) is 1.58. The van der Waals surface area contributed by atoms with Crippen LogP contribution in [0.1, 0.15) is 19.8 Å². The minimum absolute atomic E-state index is 0.305. The van der Waals surface area contributed by atoms with Gasteiger partial charge in [-0.05, 0) is 57.1 Å². The Kier molecular flexibility index (Phi) is 4.66. The molecule has 5 nitrogen and oxygen atoms in total. The van der Waals surface area contributed by atoms with E-state index in [4.69, 9.17) is 4.74 Å². The molecule has 0 bridgehead atoms. The normalized spacial score (nSPS) is 17.1. The molecule has 2 N–H and O–H groups in total. The zero-order valence-electron chi connectivity index (χ0n) is 11.1. The fourth-order valence-electron chi connectivity index (χ4n) is 2.14. The molecule has 1 aromatic carbocycles. The van der Waals surface area contributed by atoms with Gasteiger partial charge in [0.2, 0.25) is 10.0 Å². The fourth-order valence-corrected chi connectivity index (χ4v) is 3.63. The molecule has 1 fully saturated rings. The molecule has 1 saturated heterocycles. The average molecular weight is 284 g/mol.